The smallest absolute Gasteiger partial charge is 0.329 e. The molecule has 2 aliphatic rings. The molecule has 1 aliphatic heterocycles. The first-order valence-corrected chi connectivity index (χ1v) is 8.48. The summed E-state index contributed by atoms with van der Waals surface area (Å²) in [6.45, 7) is 1.28. The number of carboxylic acids is 1. The van der Waals surface area contributed by atoms with Crippen LogP contribution in [0.4, 0.5) is 4.79 Å². The molecule has 0 unspecified atom stereocenters. The molecule has 0 atom stereocenters. The van der Waals surface area contributed by atoms with Crippen LogP contribution in [-0.2, 0) is 20.9 Å². The van der Waals surface area contributed by atoms with Crippen LogP contribution in [-0.4, -0.2) is 46.6 Å². The molecule has 2 N–H and O–H groups in total. The Hall–Kier alpha value is -2.41. The van der Waals surface area contributed by atoms with E-state index in [0.717, 1.165) is 10.5 Å². The summed E-state index contributed by atoms with van der Waals surface area (Å²) in [7, 11) is 0. The van der Waals surface area contributed by atoms with Crippen LogP contribution in [0, 0.1) is 5.92 Å². The Bertz CT molecular complexity index is 655. The van der Waals surface area contributed by atoms with E-state index in [1.165, 1.54) is 0 Å². The van der Waals surface area contributed by atoms with Gasteiger partial charge in [-0.2, -0.15) is 0 Å². The number of rotatable bonds is 6. The fraction of sp³-hybridized carbons (Fsp3) is 0.500. The summed E-state index contributed by atoms with van der Waals surface area (Å²) in [5.41, 5.74) is -0.229. The maximum absolute atomic E-state index is 12.2. The van der Waals surface area contributed by atoms with Crippen molar-refractivity contribution < 1.29 is 24.2 Å². The molecular weight excluding hydrogens is 324 g/mol. The molecule has 7 nitrogen and oxygen atoms in total. The highest BCUT2D eigenvalue weighted by atomic mass is 16.5. The molecule has 0 aromatic heterocycles. The van der Waals surface area contributed by atoms with Crippen molar-refractivity contribution in [1.82, 2.24) is 10.2 Å². The number of carbonyl (C=O) groups excluding carboxylic acids is 2. The van der Waals surface area contributed by atoms with Crippen LogP contribution >= 0.6 is 0 Å². The summed E-state index contributed by atoms with van der Waals surface area (Å²) in [4.78, 5) is 36.5. The van der Waals surface area contributed by atoms with Crippen LogP contribution in [0.5, 0.6) is 0 Å². The van der Waals surface area contributed by atoms with E-state index < -0.39 is 17.5 Å². The lowest BCUT2D eigenvalue weighted by Crippen LogP contribution is -2.65. The van der Waals surface area contributed by atoms with Crippen molar-refractivity contribution in [3.63, 3.8) is 0 Å². The standard InChI is InChI=1S/C18H22N2O5/c21-15-7-4-8-20(15)17(24)19-18(16(22)23)9-14(10-18)12-25-11-13-5-2-1-3-6-13/h1-3,5-6,14H,4,7-12H2,(H,19,24)(H,22,23). The van der Waals surface area contributed by atoms with E-state index in [2.05, 4.69) is 5.32 Å². The first-order valence-electron chi connectivity index (χ1n) is 8.48. The predicted octanol–water partition coefficient (Wildman–Crippen LogP) is 1.77. The first-order chi connectivity index (χ1) is 12.0. The van der Waals surface area contributed by atoms with Gasteiger partial charge in [-0.25, -0.2) is 9.59 Å². The Morgan fingerprint density at radius 2 is 2.00 bits per heavy atom. The monoisotopic (exact) mass is 346 g/mol. The Kier molecular flexibility index (Phi) is 5.03. The zero-order valence-electron chi connectivity index (χ0n) is 13.9. The van der Waals surface area contributed by atoms with E-state index in [-0.39, 0.29) is 11.8 Å². The number of aliphatic carboxylic acids is 1. The van der Waals surface area contributed by atoms with Crippen molar-refractivity contribution in [3.8, 4) is 0 Å². The Labute approximate surface area is 146 Å². The van der Waals surface area contributed by atoms with Gasteiger partial charge in [-0.3, -0.25) is 9.69 Å². The molecule has 1 saturated carbocycles. The topological polar surface area (TPSA) is 95.9 Å². The zero-order chi connectivity index (χ0) is 17.9. The van der Waals surface area contributed by atoms with Gasteiger partial charge in [0.05, 0.1) is 13.2 Å². The molecule has 25 heavy (non-hydrogen) atoms. The third kappa shape index (κ3) is 3.82. The van der Waals surface area contributed by atoms with Crippen molar-refractivity contribution in [2.75, 3.05) is 13.2 Å². The molecule has 0 spiro atoms. The number of carbonyl (C=O) groups is 3. The minimum absolute atomic E-state index is 0.0781. The third-order valence-corrected chi connectivity index (χ3v) is 4.81. The molecule has 3 rings (SSSR count). The number of imide groups is 1. The molecule has 1 aromatic carbocycles. The molecule has 1 saturated heterocycles. The van der Waals surface area contributed by atoms with E-state index in [1.807, 2.05) is 30.3 Å². The second-order valence-corrected chi connectivity index (χ2v) is 6.74. The number of ether oxygens (including phenoxy) is 1. The van der Waals surface area contributed by atoms with Gasteiger partial charge in [0.15, 0.2) is 0 Å². The number of carboxylic acid groups (broad SMARTS) is 1. The molecule has 1 aromatic rings. The number of nitrogens with zero attached hydrogens (tertiary/aromatic N) is 1. The highest BCUT2D eigenvalue weighted by molar-refractivity contribution is 5.98. The Balaban J connectivity index is 1.48. The van der Waals surface area contributed by atoms with Crippen LogP contribution in [0.3, 0.4) is 0 Å². The van der Waals surface area contributed by atoms with Crippen molar-refractivity contribution in [1.29, 1.82) is 0 Å². The van der Waals surface area contributed by atoms with E-state index in [9.17, 15) is 19.5 Å². The van der Waals surface area contributed by atoms with Gasteiger partial charge in [0.25, 0.3) is 0 Å². The van der Waals surface area contributed by atoms with Gasteiger partial charge in [0, 0.05) is 13.0 Å². The summed E-state index contributed by atoms with van der Waals surface area (Å²) in [5, 5.41) is 12.1. The molecule has 3 amide bonds. The van der Waals surface area contributed by atoms with Gasteiger partial charge >= 0.3 is 12.0 Å². The van der Waals surface area contributed by atoms with E-state index >= 15 is 0 Å². The van der Waals surface area contributed by atoms with Gasteiger partial charge in [-0.05, 0) is 30.7 Å². The largest absolute Gasteiger partial charge is 0.480 e. The molecule has 1 heterocycles. The number of urea groups is 1. The minimum atomic E-state index is -1.29. The van der Waals surface area contributed by atoms with Crippen molar-refractivity contribution in [3.05, 3.63) is 35.9 Å². The van der Waals surface area contributed by atoms with Crippen molar-refractivity contribution >= 4 is 17.9 Å². The lowest BCUT2D eigenvalue weighted by molar-refractivity contribution is -0.152. The van der Waals surface area contributed by atoms with Crippen molar-refractivity contribution in [2.24, 2.45) is 5.92 Å². The van der Waals surface area contributed by atoms with E-state index in [1.54, 1.807) is 0 Å². The summed E-state index contributed by atoms with van der Waals surface area (Å²) >= 11 is 0. The average molecular weight is 346 g/mol. The fourth-order valence-corrected chi connectivity index (χ4v) is 3.43. The van der Waals surface area contributed by atoms with Gasteiger partial charge < -0.3 is 15.2 Å². The summed E-state index contributed by atoms with van der Waals surface area (Å²) < 4.78 is 5.65. The second kappa shape index (κ2) is 7.23. The number of likely N-dealkylation sites (tertiary alicyclic amines) is 1. The maximum atomic E-state index is 12.2. The number of hydrogen-bond acceptors (Lipinski definition) is 4. The maximum Gasteiger partial charge on any atom is 0.329 e. The average Bonchev–Trinajstić information content (AvgIpc) is 2.99. The van der Waals surface area contributed by atoms with Crippen LogP contribution < -0.4 is 5.32 Å². The van der Waals surface area contributed by atoms with Crippen LogP contribution in [0.2, 0.25) is 0 Å². The number of amides is 3. The molecule has 0 bridgehead atoms. The second-order valence-electron chi connectivity index (χ2n) is 6.74. The molecule has 1 aliphatic carbocycles. The van der Waals surface area contributed by atoms with Gasteiger partial charge in [-0.15, -0.1) is 0 Å². The van der Waals surface area contributed by atoms with Crippen LogP contribution in [0.1, 0.15) is 31.2 Å². The summed E-state index contributed by atoms with van der Waals surface area (Å²) in [5.74, 6) is -1.23. The molecule has 7 heteroatoms. The lowest BCUT2D eigenvalue weighted by atomic mass is 9.68. The summed E-state index contributed by atoms with van der Waals surface area (Å²) in [6, 6.07) is 9.14. The number of hydrogen-bond donors (Lipinski definition) is 2. The third-order valence-electron chi connectivity index (χ3n) is 4.81. The van der Waals surface area contributed by atoms with Gasteiger partial charge in [-0.1, -0.05) is 30.3 Å². The number of nitrogens with one attached hydrogen (secondary N) is 1. The summed E-state index contributed by atoms with van der Waals surface area (Å²) in [6.07, 6.45) is 1.58. The lowest BCUT2D eigenvalue weighted by Gasteiger charge is -2.44. The zero-order valence-corrected chi connectivity index (χ0v) is 13.9. The van der Waals surface area contributed by atoms with Crippen molar-refractivity contribution in [2.45, 2.75) is 37.8 Å². The quantitative estimate of drug-likeness (QED) is 0.818. The SMILES string of the molecule is O=C1CCCN1C(=O)NC1(C(=O)O)CC(COCc2ccccc2)C1. The van der Waals surface area contributed by atoms with Gasteiger partial charge in [0.2, 0.25) is 5.91 Å². The van der Waals surface area contributed by atoms with Gasteiger partial charge in [0.1, 0.15) is 5.54 Å². The molecule has 134 valence electrons. The van der Waals surface area contributed by atoms with Crippen LogP contribution in [0.25, 0.3) is 0 Å². The van der Waals surface area contributed by atoms with Crippen LogP contribution in [0.15, 0.2) is 30.3 Å². The molecule has 2 fully saturated rings. The Morgan fingerprint density at radius 3 is 2.60 bits per heavy atom. The highest BCUT2D eigenvalue weighted by Crippen LogP contribution is 2.38. The highest BCUT2D eigenvalue weighted by Gasteiger charge is 2.52. The predicted molar refractivity (Wildman–Crippen MR) is 88.7 cm³/mol. The normalized spacial score (nSPS) is 25.5. The number of benzene rings is 1. The van der Waals surface area contributed by atoms with E-state index in [4.69, 9.17) is 4.74 Å². The first kappa shape index (κ1) is 17.4. The molecule has 0 radical (unpaired) electrons. The fourth-order valence-electron chi connectivity index (χ4n) is 3.43. The molecular formula is C18H22N2O5. The Morgan fingerprint density at radius 1 is 1.28 bits per heavy atom. The van der Waals surface area contributed by atoms with E-state index in [0.29, 0.717) is 45.4 Å². The minimum Gasteiger partial charge on any atom is -0.480 e.